The molecule has 0 radical (unpaired) electrons. The second kappa shape index (κ2) is 8.11. The van der Waals surface area contributed by atoms with Crippen LogP contribution in [-0.4, -0.2) is 36.8 Å². The molecular formula is C15H17F3N2O2. The van der Waals surface area contributed by atoms with Gasteiger partial charge in [0, 0.05) is 13.1 Å². The van der Waals surface area contributed by atoms with Crippen LogP contribution in [0.2, 0.25) is 0 Å². The molecule has 0 aliphatic rings. The quantitative estimate of drug-likeness (QED) is 0.749. The monoisotopic (exact) mass is 314 g/mol. The molecule has 0 bridgehead atoms. The Balaban J connectivity index is 2.73. The Morgan fingerprint density at radius 1 is 1.23 bits per heavy atom. The predicted molar refractivity (Wildman–Crippen MR) is 78.6 cm³/mol. The molecule has 22 heavy (non-hydrogen) atoms. The van der Waals surface area contributed by atoms with Gasteiger partial charge in [0.25, 0.3) is 0 Å². The molecule has 1 N–H and O–H groups in total. The van der Waals surface area contributed by atoms with E-state index >= 15 is 0 Å². The van der Waals surface area contributed by atoms with E-state index in [1.54, 1.807) is 18.2 Å². The molecule has 0 spiro atoms. The number of rotatable bonds is 8. The molecule has 0 aliphatic heterocycles. The van der Waals surface area contributed by atoms with Crippen LogP contribution in [0.1, 0.15) is 0 Å². The summed E-state index contributed by atoms with van der Waals surface area (Å²) in [6.07, 6.45) is -1.68. The molecule has 0 fully saturated rings. The highest BCUT2D eigenvalue weighted by Crippen LogP contribution is 2.29. The molecule has 0 atom stereocenters. The van der Waals surface area contributed by atoms with E-state index in [1.807, 2.05) is 0 Å². The third kappa shape index (κ3) is 5.90. The molecule has 1 aromatic rings. The summed E-state index contributed by atoms with van der Waals surface area (Å²) in [5.41, 5.74) is 0.0883. The van der Waals surface area contributed by atoms with Gasteiger partial charge >= 0.3 is 6.36 Å². The highest BCUT2D eigenvalue weighted by atomic mass is 19.4. The Kier molecular flexibility index (Phi) is 6.49. The van der Waals surface area contributed by atoms with Gasteiger partial charge in [0.15, 0.2) is 5.75 Å². The van der Waals surface area contributed by atoms with Crippen molar-refractivity contribution in [3.05, 3.63) is 49.6 Å². The largest absolute Gasteiger partial charge is 0.573 e. The number of ether oxygens (including phenoxy) is 1. The van der Waals surface area contributed by atoms with Crippen molar-refractivity contribution in [2.45, 2.75) is 6.36 Å². The summed E-state index contributed by atoms with van der Waals surface area (Å²) in [6, 6.07) is 5.53. The first-order chi connectivity index (χ1) is 10.4. The van der Waals surface area contributed by atoms with Crippen LogP contribution in [0, 0.1) is 0 Å². The number of hydrogen-bond acceptors (Lipinski definition) is 3. The predicted octanol–water partition coefficient (Wildman–Crippen LogP) is 3.20. The van der Waals surface area contributed by atoms with E-state index in [0.717, 1.165) is 0 Å². The van der Waals surface area contributed by atoms with Gasteiger partial charge in [0.05, 0.1) is 12.2 Å². The molecule has 7 heteroatoms. The second-order valence-electron chi connectivity index (χ2n) is 4.27. The van der Waals surface area contributed by atoms with E-state index in [4.69, 9.17) is 0 Å². The van der Waals surface area contributed by atoms with Crippen molar-refractivity contribution in [3.8, 4) is 5.75 Å². The van der Waals surface area contributed by atoms with Gasteiger partial charge in [-0.05, 0) is 12.1 Å². The molecule has 1 rings (SSSR count). The van der Waals surface area contributed by atoms with Crippen LogP contribution in [0.3, 0.4) is 0 Å². The van der Waals surface area contributed by atoms with Gasteiger partial charge in [-0.15, -0.1) is 26.3 Å². The smallest absolute Gasteiger partial charge is 0.404 e. The Labute approximate surface area is 126 Å². The third-order valence-electron chi connectivity index (χ3n) is 2.59. The lowest BCUT2D eigenvalue weighted by Crippen LogP contribution is -2.35. The van der Waals surface area contributed by atoms with Crippen LogP contribution in [0.15, 0.2) is 49.6 Å². The highest BCUT2D eigenvalue weighted by Gasteiger charge is 2.32. The lowest BCUT2D eigenvalue weighted by atomic mass is 10.3. The number of hydrogen-bond donors (Lipinski definition) is 1. The van der Waals surface area contributed by atoms with Gasteiger partial charge in [-0.3, -0.25) is 4.79 Å². The molecule has 4 nitrogen and oxygen atoms in total. The van der Waals surface area contributed by atoms with Crippen LogP contribution in [0.4, 0.5) is 18.9 Å². The van der Waals surface area contributed by atoms with Crippen molar-refractivity contribution in [2.24, 2.45) is 0 Å². The van der Waals surface area contributed by atoms with Crippen LogP contribution in [0.25, 0.3) is 0 Å². The fourth-order valence-corrected chi connectivity index (χ4v) is 1.70. The summed E-state index contributed by atoms with van der Waals surface area (Å²) in [6.45, 7) is 7.57. The van der Waals surface area contributed by atoms with Crippen molar-refractivity contribution in [1.82, 2.24) is 4.90 Å². The Morgan fingerprint density at radius 2 is 1.82 bits per heavy atom. The first-order valence-corrected chi connectivity index (χ1v) is 6.45. The van der Waals surface area contributed by atoms with Crippen molar-refractivity contribution in [2.75, 3.05) is 25.0 Å². The Morgan fingerprint density at radius 3 is 2.36 bits per heavy atom. The fraction of sp³-hybridized carbons (Fsp3) is 0.267. The average Bonchev–Trinajstić information content (AvgIpc) is 2.44. The highest BCUT2D eigenvalue weighted by molar-refractivity contribution is 5.81. The number of benzene rings is 1. The summed E-state index contributed by atoms with van der Waals surface area (Å²) in [7, 11) is 0. The summed E-state index contributed by atoms with van der Waals surface area (Å²) < 4.78 is 40.8. The zero-order chi connectivity index (χ0) is 16.6. The number of carbonyl (C=O) groups is 1. The van der Waals surface area contributed by atoms with E-state index in [9.17, 15) is 18.0 Å². The number of halogens is 3. The number of carbonyl (C=O) groups excluding carboxylic acids is 1. The van der Waals surface area contributed by atoms with Gasteiger partial charge in [-0.25, -0.2) is 0 Å². The maximum atomic E-state index is 12.3. The van der Waals surface area contributed by atoms with Gasteiger partial charge < -0.3 is 15.0 Å². The van der Waals surface area contributed by atoms with E-state index < -0.39 is 6.36 Å². The molecular weight excluding hydrogens is 297 g/mol. The number of amides is 1. The van der Waals surface area contributed by atoms with Gasteiger partial charge in [-0.2, -0.15) is 0 Å². The number of anilines is 1. The van der Waals surface area contributed by atoms with Gasteiger partial charge in [-0.1, -0.05) is 24.3 Å². The third-order valence-corrected chi connectivity index (χ3v) is 2.59. The first-order valence-electron chi connectivity index (χ1n) is 6.45. The molecule has 0 aliphatic carbocycles. The van der Waals surface area contributed by atoms with E-state index in [0.29, 0.717) is 13.1 Å². The molecule has 1 aromatic carbocycles. The zero-order valence-corrected chi connectivity index (χ0v) is 11.9. The zero-order valence-electron chi connectivity index (χ0n) is 11.9. The van der Waals surface area contributed by atoms with E-state index in [-0.39, 0.29) is 23.9 Å². The molecule has 0 aromatic heterocycles. The second-order valence-corrected chi connectivity index (χ2v) is 4.27. The average molecular weight is 314 g/mol. The van der Waals surface area contributed by atoms with Gasteiger partial charge in [0.2, 0.25) is 5.91 Å². The first kappa shape index (κ1) is 17.6. The van der Waals surface area contributed by atoms with Crippen LogP contribution < -0.4 is 10.1 Å². The van der Waals surface area contributed by atoms with Crippen molar-refractivity contribution >= 4 is 11.6 Å². The number of para-hydroxylation sites is 2. The molecule has 0 unspecified atom stereocenters. The topological polar surface area (TPSA) is 41.6 Å². The summed E-state index contributed by atoms with van der Waals surface area (Å²) >= 11 is 0. The molecule has 0 saturated heterocycles. The van der Waals surface area contributed by atoms with Crippen molar-refractivity contribution < 1.29 is 22.7 Å². The minimum Gasteiger partial charge on any atom is -0.404 e. The number of nitrogens with zero attached hydrogens (tertiary/aromatic N) is 1. The standard InChI is InChI=1S/C15H17F3N2O2/c1-3-9-20(10-4-2)14(21)11-19-12-7-5-6-8-13(12)22-15(16,17)18/h3-8,19H,1-2,9-11H2. The lowest BCUT2D eigenvalue weighted by molar-refractivity contribution is -0.274. The Hall–Kier alpha value is -2.44. The lowest BCUT2D eigenvalue weighted by Gasteiger charge is -2.20. The fourth-order valence-electron chi connectivity index (χ4n) is 1.70. The normalized spacial score (nSPS) is 10.7. The van der Waals surface area contributed by atoms with Crippen LogP contribution in [-0.2, 0) is 4.79 Å². The summed E-state index contributed by atoms with van der Waals surface area (Å²) in [4.78, 5) is 13.5. The summed E-state index contributed by atoms with van der Waals surface area (Å²) in [5, 5.41) is 2.65. The van der Waals surface area contributed by atoms with Gasteiger partial charge in [0.1, 0.15) is 0 Å². The number of nitrogens with one attached hydrogen (secondary N) is 1. The SMILES string of the molecule is C=CCN(CC=C)C(=O)CNc1ccccc1OC(F)(F)F. The molecule has 1 amide bonds. The van der Waals surface area contributed by atoms with Crippen LogP contribution in [0.5, 0.6) is 5.75 Å². The van der Waals surface area contributed by atoms with Crippen LogP contribution >= 0.6 is 0 Å². The minimum absolute atomic E-state index is 0.0883. The molecule has 120 valence electrons. The maximum absolute atomic E-state index is 12.3. The molecule has 0 heterocycles. The van der Waals surface area contributed by atoms with E-state index in [1.165, 1.54) is 23.1 Å². The number of alkyl halides is 3. The van der Waals surface area contributed by atoms with Crippen molar-refractivity contribution in [1.29, 1.82) is 0 Å². The Bertz CT molecular complexity index is 520. The minimum atomic E-state index is -4.79. The summed E-state index contributed by atoms with van der Waals surface area (Å²) in [5.74, 6) is -0.677. The van der Waals surface area contributed by atoms with Crippen molar-refractivity contribution in [3.63, 3.8) is 0 Å². The van der Waals surface area contributed by atoms with E-state index in [2.05, 4.69) is 23.2 Å². The maximum Gasteiger partial charge on any atom is 0.573 e. The molecule has 0 saturated carbocycles.